The standard InChI is InChI=1S/C21H30F2N2O/c22-18-12-19(23)14-21(13-18)24-10-4-6-17(15-24)7-5-11-25(16-26)20-8-2-1-3-9-20/h12-14,16-17,20H,1-11,15H2. The van der Waals surface area contributed by atoms with Crippen LogP contribution in [0.4, 0.5) is 14.5 Å². The van der Waals surface area contributed by atoms with Gasteiger partial charge in [0.05, 0.1) is 0 Å². The van der Waals surface area contributed by atoms with E-state index in [0.717, 1.165) is 70.6 Å². The van der Waals surface area contributed by atoms with Crippen LogP contribution in [0.1, 0.15) is 57.8 Å². The molecule has 0 spiro atoms. The molecule has 1 aromatic carbocycles. The number of halogens is 2. The number of anilines is 1. The first-order valence-corrected chi connectivity index (χ1v) is 10.1. The molecule has 1 amide bonds. The van der Waals surface area contributed by atoms with Crippen LogP contribution in [-0.4, -0.2) is 37.0 Å². The van der Waals surface area contributed by atoms with Crippen LogP contribution in [0, 0.1) is 17.6 Å². The van der Waals surface area contributed by atoms with Gasteiger partial charge in [0.15, 0.2) is 0 Å². The van der Waals surface area contributed by atoms with Crippen LogP contribution in [0.15, 0.2) is 18.2 Å². The summed E-state index contributed by atoms with van der Waals surface area (Å²) in [4.78, 5) is 15.5. The molecule has 2 fully saturated rings. The molecule has 144 valence electrons. The van der Waals surface area contributed by atoms with Crippen molar-refractivity contribution in [3.63, 3.8) is 0 Å². The van der Waals surface area contributed by atoms with E-state index in [1.807, 2.05) is 4.90 Å². The van der Waals surface area contributed by atoms with Crippen molar-refractivity contribution in [2.24, 2.45) is 5.92 Å². The van der Waals surface area contributed by atoms with E-state index in [4.69, 9.17) is 0 Å². The summed E-state index contributed by atoms with van der Waals surface area (Å²) in [7, 11) is 0. The van der Waals surface area contributed by atoms with Crippen molar-refractivity contribution in [3.05, 3.63) is 29.8 Å². The van der Waals surface area contributed by atoms with E-state index in [9.17, 15) is 13.6 Å². The highest BCUT2D eigenvalue weighted by Gasteiger charge is 2.23. The molecule has 3 nitrogen and oxygen atoms in total. The summed E-state index contributed by atoms with van der Waals surface area (Å²) in [5.41, 5.74) is 0.643. The maximum atomic E-state index is 13.5. The van der Waals surface area contributed by atoms with E-state index < -0.39 is 11.6 Å². The predicted octanol–water partition coefficient (Wildman–Crippen LogP) is 4.75. The quantitative estimate of drug-likeness (QED) is 0.652. The minimum atomic E-state index is -0.517. The molecular weight excluding hydrogens is 334 g/mol. The topological polar surface area (TPSA) is 23.6 Å². The van der Waals surface area contributed by atoms with Crippen LogP contribution in [0.2, 0.25) is 0 Å². The third-order valence-corrected chi connectivity index (χ3v) is 5.94. The maximum Gasteiger partial charge on any atom is 0.209 e. The highest BCUT2D eigenvalue weighted by atomic mass is 19.1. The van der Waals surface area contributed by atoms with Crippen molar-refractivity contribution in [2.75, 3.05) is 24.5 Å². The number of carbonyl (C=O) groups is 1. The largest absolute Gasteiger partial charge is 0.371 e. The predicted molar refractivity (Wildman–Crippen MR) is 100 cm³/mol. The first kappa shape index (κ1) is 19.1. The van der Waals surface area contributed by atoms with Crippen molar-refractivity contribution >= 4 is 12.1 Å². The lowest BCUT2D eigenvalue weighted by Gasteiger charge is -2.35. The Labute approximate surface area is 155 Å². The molecule has 0 radical (unpaired) electrons. The molecule has 1 unspecified atom stereocenters. The fourth-order valence-electron chi connectivity index (χ4n) is 4.55. The van der Waals surface area contributed by atoms with Crippen LogP contribution in [-0.2, 0) is 4.79 Å². The Morgan fingerprint density at radius 3 is 2.46 bits per heavy atom. The van der Waals surface area contributed by atoms with E-state index in [-0.39, 0.29) is 0 Å². The smallest absolute Gasteiger partial charge is 0.209 e. The van der Waals surface area contributed by atoms with Gasteiger partial charge in [-0.05, 0) is 56.6 Å². The zero-order chi connectivity index (χ0) is 18.4. The van der Waals surface area contributed by atoms with Crippen molar-refractivity contribution in [1.29, 1.82) is 0 Å². The highest BCUT2D eigenvalue weighted by Crippen LogP contribution is 2.28. The molecule has 2 aliphatic rings. The molecular formula is C21H30F2N2O. The number of piperidine rings is 1. The SMILES string of the molecule is O=CN(CCCC1CCCN(c2cc(F)cc(F)c2)C1)C1CCCCC1. The van der Waals surface area contributed by atoms with Crippen molar-refractivity contribution < 1.29 is 13.6 Å². The first-order chi connectivity index (χ1) is 12.7. The number of rotatable bonds is 7. The van der Waals surface area contributed by atoms with E-state index >= 15 is 0 Å². The second-order valence-corrected chi connectivity index (χ2v) is 7.86. The molecule has 1 aromatic rings. The van der Waals surface area contributed by atoms with E-state index in [2.05, 4.69) is 4.90 Å². The molecule has 1 saturated heterocycles. The molecule has 1 aliphatic heterocycles. The lowest BCUT2D eigenvalue weighted by Crippen LogP contribution is -2.38. The minimum Gasteiger partial charge on any atom is -0.371 e. The molecule has 0 N–H and O–H groups in total. The number of benzene rings is 1. The van der Waals surface area contributed by atoms with Gasteiger partial charge in [-0.2, -0.15) is 0 Å². The Morgan fingerprint density at radius 1 is 1.04 bits per heavy atom. The number of carbonyl (C=O) groups excluding carboxylic acids is 1. The molecule has 1 saturated carbocycles. The Balaban J connectivity index is 1.48. The average Bonchev–Trinajstić information content (AvgIpc) is 2.65. The van der Waals surface area contributed by atoms with Crippen molar-refractivity contribution in [2.45, 2.75) is 63.8 Å². The molecule has 0 bridgehead atoms. The second kappa shape index (κ2) is 9.33. The number of amides is 1. The van der Waals surface area contributed by atoms with Gasteiger partial charge in [-0.25, -0.2) is 8.78 Å². The molecule has 1 aliphatic carbocycles. The van der Waals surface area contributed by atoms with Gasteiger partial charge < -0.3 is 9.80 Å². The van der Waals surface area contributed by atoms with E-state index in [1.54, 1.807) is 0 Å². The highest BCUT2D eigenvalue weighted by molar-refractivity contribution is 5.48. The number of hydrogen-bond acceptors (Lipinski definition) is 2. The van der Waals surface area contributed by atoms with Crippen LogP contribution in [0.5, 0.6) is 0 Å². The summed E-state index contributed by atoms with van der Waals surface area (Å²) < 4.78 is 27.0. The third-order valence-electron chi connectivity index (χ3n) is 5.94. The van der Waals surface area contributed by atoms with Gasteiger partial charge in [0.2, 0.25) is 6.41 Å². The summed E-state index contributed by atoms with van der Waals surface area (Å²) in [5, 5.41) is 0. The lowest BCUT2D eigenvalue weighted by molar-refractivity contribution is -0.120. The van der Waals surface area contributed by atoms with Gasteiger partial charge in [-0.3, -0.25) is 4.79 Å². The minimum absolute atomic E-state index is 0.430. The lowest BCUT2D eigenvalue weighted by atomic mass is 9.92. The molecule has 5 heteroatoms. The zero-order valence-electron chi connectivity index (χ0n) is 15.5. The second-order valence-electron chi connectivity index (χ2n) is 7.86. The first-order valence-electron chi connectivity index (χ1n) is 10.1. The summed E-state index contributed by atoms with van der Waals surface area (Å²) in [6.45, 7) is 2.52. The van der Waals surface area contributed by atoms with Crippen molar-refractivity contribution in [3.8, 4) is 0 Å². The Hall–Kier alpha value is -1.65. The van der Waals surface area contributed by atoms with E-state index in [1.165, 1.54) is 31.4 Å². The molecule has 0 aromatic heterocycles. The van der Waals surface area contributed by atoms with Crippen LogP contribution < -0.4 is 4.90 Å². The third kappa shape index (κ3) is 5.18. The van der Waals surface area contributed by atoms with Gasteiger partial charge in [-0.1, -0.05) is 19.3 Å². The zero-order valence-corrected chi connectivity index (χ0v) is 15.5. The Kier molecular flexibility index (Phi) is 6.86. The number of nitrogens with zero attached hydrogens (tertiary/aromatic N) is 2. The Bertz CT molecular complexity index is 569. The van der Waals surface area contributed by atoms with E-state index in [0.29, 0.717) is 17.6 Å². The number of hydrogen-bond donors (Lipinski definition) is 0. The summed E-state index contributed by atoms with van der Waals surface area (Å²) >= 11 is 0. The molecule has 26 heavy (non-hydrogen) atoms. The summed E-state index contributed by atoms with van der Waals surface area (Å²) in [6, 6.07) is 4.19. The molecule has 3 rings (SSSR count). The summed E-state index contributed by atoms with van der Waals surface area (Å²) in [6.07, 6.45) is 11.3. The fraction of sp³-hybridized carbons (Fsp3) is 0.667. The fourth-order valence-corrected chi connectivity index (χ4v) is 4.55. The van der Waals surface area contributed by atoms with Crippen LogP contribution >= 0.6 is 0 Å². The van der Waals surface area contributed by atoms with Gasteiger partial charge in [-0.15, -0.1) is 0 Å². The normalized spacial score (nSPS) is 21.6. The van der Waals surface area contributed by atoms with Gasteiger partial charge in [0, 0.05) is 37.4 Å². The molecule has 1 heterocycles. The van der Waals surface area contributed by atoms with Crippen LogP contribution in [0.3, 0.4) is 0 Å². The van der Waals surface area contributed by atoms with Crippen LogP contribution in [0.25, 0.3) is 0 Å². The molecule has 1 atom stereocenters. The monoisotopic (exact) mass is 364 g/mol. The Morgan fingerprint density at radius 2 is 1.77 bits per heavy atom. The maximum absolute atomic E-state index is 13.5. The summed E-state index contributed by atoms with van der Waals surface area (Å²) in [5.74, 6) is -0.512. The van der Waals surface area contributed by atoms with Crippen molar-refractivity contribution in [1.82, 2.24) is 4.90 Å². The van der Waals surface area contributed by atoms with Gasteiger partial charge in [0.1, 0.15) is 11.6 Å². The average molecular weight is 364 g/mol. The van der Waals surface area contributed by atoms with Gasteiger partial charge in [0.25, 0.3) is 0 Å². The van der Waals surface area contributed by atoms with Gasteiger partial charge >= 0.3 is 0 Å².